The Morgan fingerprint density at radius 1 is 1.15 bits per heavy atom. The first-order valence-electron chi connectivity index (χ1n) is 10.7. The van der Waals surface area contributed by atoms with Gasteiger partial charge in [-0.3, -0.25) is 4.79 Å². The molecule has 2 aliphatic rings. The molecule has 1 aromatic heterocycles. The van der Waals surface area contributed by atoms with Gasteiger partial charge in [-0.15, -0.1) is 15.0 Å². The fraction of sp³-hybridized carbons (Fsp3) is 0.476. The summed E-state index contributed by atoms with van der Waals surface area (Å²) in [6, 6.07) is 5.69. The molecule has 0 saturated heterocycles. The lowest BCUT2D eigenvalue weighted by molar-refractivity contribution is -0.102. The first kappa shape index (κ1) is 24.5. The zero-order chi connectivity index (χ0) is 23.5. The quantitative estimate of drug-likeness (QED) is 0.322. The molecule has 178 valence electrons. The predicted octanol–water partition coefficient (Wildman–Crippen LogP) is -0.226. The maximum Gasteiger partial charge on any atom is 0.204 e. The number of fused-ring (bicyclic) bond motifs is 2. The van der Waals surface area contributed by atoms with Crippen molar-refractivity contribution in [1.82, 2.24) is 14.9 Å². The van der Waals surface area contributed by atoms with Crippen LogP contribution in [0.1, 0.15) is 18.7 Å². The molecule has 3 heterocycles. The number of aliphatic hydroxyl groups excluding tert-OH is 3. The molecule has 0 radical (unpaired) electrons. The summed E-state index contributed by atoms with van der Waals surface area (Å²) in [5.74, 6) is 1.20. The molecule has 0 atom stereocenters. The summed E-state index contributed by atoms with van der Waals surface area (Å²) in [7, 11) is 0. The van der Waals surface area contributed by atoms with Gasteiger partial charge in [0, 0.05) is 19.2 Å². The number of carbonyl (C=O) groups is 1. The summed E-state index contributed by atoms with van der Waals surface area (Å²) < 4.78 is 10.4. The minimum atomic E-state index is 0.0278. The van der Waals surface area contributed by atoms with Crippen LogP contribution in [0.5, 0.6) is 5.75 Å². The van der Waals surface area contributed by atoms with E-state index in [2.05, 4.69) is 29.8 Å². The number of carbonyl (C=O) groups excluding carboxylic acids is 1. The molecule has 0 saturated carbocycles. The maximum absolute atomic E-state index is 11.2. The molecule has 0 amide bonds. The Morgan fingerprint density at radius 3 is 2.70 bits per heavy atom. The number of aldehydes is 1. The minimum absolute atomic E-state index is 0.0278. The average Bonchev–Trinajstić information content (AvgIpc) is 3.42. The lowest BCUT2D eigenvalue weighted by atomic mass is 10.2. The molecular weight excluding hydrogens is 432 g/mol. The van der Waals surface area contributed by atoms with Crippen molar-refractivity contribution in [3.63, 3.8) is 0 Å². The van der Waals surface area contributed by atoms with Crippen molar-refractivity contribution in [3.05, 3.63) is 30.4 Å². The van der Waals surface area contributed by atoms with Crippen LogP contribution in [0, 0.1) is 0 Å². The van der Waals surface area contributed by atoms with E-state index >= 15 is 0 Å². The first-order valence-corrected chi connectivity index (χ1v) is 10.7. The summed E-state index contributed by atoms with van der Waals surface area (Å²) in [4.78, 5) is 23.4. The molecule has 4 rings (SSSR count). The summed E-state index contributed by atoms with van der Waals surface area (Å²) in [6.45, 7) is 3.19. The van der Waals surface area contributed by atoms with Gasteiger partial charge < -0.3 is 29.7 Å². The van der Waals surface area contributed by atoms with Crippen LogP contribution in [0.3, 0.4) is 0 Å². The Hall–Kier alpha value is -3.19. The summed E-state index contributed by atoms with van der Waals surface area (Å²) >= 11 is 0. The number of hydrogen-bond donors (Lipinski definition) is 3. The standard InChI is InChI=1S/C17H18N6O3.C4H10O3/c24-7-2-1-5-22-6-8-26-15-9-12(3-4-14(15)22)20-16-13(10-25)21-23-17(16)18-11-19-23;5-1-3-7-4-2-6/h3-4,9-11,24H,1-2,5-8H2;5-6H,1-4H2. The number of rotatable bonds is 10. The SMILES string of the molecule is O=CC1=Nn2ncnc2C1=Nc1ccc2c(c1)OCCN2CCCCO.OCCOCCO. The zero-order valence-electron chi connectivity index (χ0n) is 18.2. The van der Waals surface area contributed by atoms with E-state index in [-0.39, 0.29) is 25.5 Å². The highest BCUT2D eigenvalue weighted by molar-refractivity contribution is 6.66. The van der Waals surface area contributed by atoms with Gasteiger partial charge in [-0.2, -0.15) is 0 Å². The molecule has 0 unspecified atom stereocenters. The largest absolute Gasteiger partial charge is 0.489 e. The number of unbranched alkanes of at least 4 members (excludes halogenated alkanes) is 1. The Bertz CT molecular complexity index is 972. The van der Waals surface area contributed by atoms with Crippen LogP contribution in [0.15, 0.2) is 34.6 Å². The molecule has 3 N–H and O–H groups in total. The average molecular weight is 460 g/mol. The van der Waals surface area contributed by atoms with Crippen LogP contribution in [-0.4, -0.2) is 101 Å². The van der Waals surface area contributed by atoms with E-state index < -0.39 is 0 Å². The third-order valence-electron chi connectivity index (χ3n) is 4.75. The molecule has 33 heavy (non-hydrogen) atoms. The van der Waals surface area contributed by atoms with Crippen LogP contribution in [-0.2, 0) is 9.53 Å². The second kappa shape index (κ2) is 12.7. The molecule has 1 aromatic carbocycles. The van der Waals surface area contributed by atoms with Crippen molar-refractivity contribution in [3.8, 4) is 5.75 Å². The number of benzene rings is 1. The van der Waals surface area contributed by atoms with Crippen LogP contribution < -0.4 is 9.64 Å². The van der Waals surface area contributed by atoms with Crippen molar-refractivity contribution in [2.45, 2.75) is 12.8 Å². The highest BCUT2D eigenvalue weighted by Gasteiger charge is 2.25. The van der Waals surface area contributed by atoms with E-state index in [9.17, 15) is 4.79 Å². The fourth-order valence-electron chi connectivity index (χ4n) is 3.26. The maximum atomic E-state index is 11.2. The molecule has 0 aliphatic carbocycles. The van der Waals surface area contributed by atoms with Gasteiger partial charge in [-0.05, 0) is 25.0 Å². The Morgan fingerprint density at radius 2 is 1.97 bits per heavy atom. The number of hydrogen-bond acceptors (Lipinski definition) is 11. The molecule has 2 aliphatic heterocycles. The van der Waals surface area contributed by atoms with Crippen LogP contribution in [0.2, 0.25) is 0 Å². The van der Waals surface area contributed by atoms with Crippen LogP contribution in [0.4, 0.5) is 11.4 Å². The number of aliphatic hydroxyl groups is 3. The number of ether oxygens (including phenoxy) is 2. The first-order chi connectivity index (χ1) is 16.2. The van der Waals surface area contributed by atoms with E-state index in [1.165, 1.54) is 11.1 Å². The van der Waals surface area contributed by atoms with E-state index in [0.717, 1.165) is 37.4 Å². The molecule has 0 spiro atoms. The van der Waals surface area contributed by atoms with Gasteiger partial charge in [0.25, 0.3) is 0 Å². The number of nitrogens with zero attached hydrogens (tertiary/aromatic N) is 6. The Balaban J connectivity index is 0.000000383. The van der Waals surface area contributed by atoms with Crippen molar-refractivity contribution >= 4 is 29.1 Å². The molecule has 0 bridgehead atoms. The van der Waals surface area contributed by atoms with Gasteiger partial charge in [0.05, 0.1) is 44.3 Å². The highest BCUT2D eigenvalue weighted by atomic mass is 16.5. The normalized spacial score (nSPS) is 15.3. The summed E-state index contributed by atoms with van der Waals surface area (Å²) in [6.07, 6.45) is 3.73. The monoisotopic (exact) mass is 460 g/mol. The smallest absolute Gasteiger partial charge is 0.204 e. The topological polar surface area (TPSA) is 155 Å². The summed E-state index contributed by atoms with van der Waals surface area (Å²) in [5, 5.41) is 33.1. The van der Waals surface area contributed by atoms with Crippen molar-refractivity contribution < 1.29 is 29.6 Å². The lowest BCUT2D eigenvalue weighted by Gasteiger charge is -2.31. The molecule has 2 aromatic rings. The van der Waals surface area contributed by atoms with Crippen LogP contribution in [0.25, 0.3) is 0 Å². The van der Waals surface area contributed by atoms with E-state index in [1.807, 2.05) is 18.2 Å². The second-order valence-corrected chi connectivity index (χ2v) is 7.01. The Labute approximate surface area is 190 Å². The van der Waals surface area contributed by atoms with Gasteiger partial charge in [-0.1, -0.05) is 0 Å². The van der Waals surface area contributed by atoms with E-state index in [0.29, 0.717) is 43.3 Å². The molecule has 12 heteroatoms. The Kier molecular flexibility index (Phi) is 9.44. The highest BCUT2D eigenvalue weighted by Crippen LogP contribution is 2.35. The van der Waals surface area contributed by atoms with Crippen LogP contribution >= 0.6 is 0 Å². The second-order valence-electron chi connectivity index (χ2n) is 7.01. The zero-order valence-corrected chi connectivity index (χ0v) is 18.2. The predicted molar refractivity (Wildman–Crippen MR) is 121 cm³/mol. The minimum Gasteiger partial charge on any atom is -0.489 e. The fourth-order valence-corrected chi connectivity index (χ4v) is 3.26. The van der Waals surface area contributed by atoms with Gasteiger partial charge in [0.2, 0.25) is 5.82 Å². The lowest BCUT2D eigenvalue weighted by Crippen LogP contribution is -2.33. The van der Waals surface area contributed by atoms with Crippen molar-refractivity contribution in [2.24, 2.45) is 10.1 Å². The van der Waals surface area contributed by atoms with Crippen molar-refractivity contribution in [1.29, 1.82) is 0 Å². The van der Waals surface area contributed by atoms with Gasteiger partial charge >= 0.3 is 0 Å². The van der Waals surface area contributed by atoms with E-state index in [4.69, 9.17) is 20.1 Å². The number of aromatic nitrogens is 3. The third-order valence-corrected chi connectivity index (χ3v) is 4.75. The molecular formula is C21H28N6O6. The van der Waals surface area contributed by atoms with E-state index in [1.54, 1.807) is 0 Å². The van der Waals surface area contributed by atoms with Gasteiger partial charge in [0.1, 0.15) is 24.4 Å². The molecule has 12 nitrogen and oxygen atoms in total. The van der Waals surface area contributed by atoms with Gasteiger partial charge in [-0.25, -0.2) is 9.98 Å². The van der Waals surface area contributed by atoms with Gasteiger partial charge in [0.15, 0.2) is 12.0 Å². The summed E-state index contributed by atoms with van der Waals surface area (Å²) in [5.41, 5.74) is 2.26. The van der Waals surface area contributed by atoms with Crippen molar-refractivity contribution in [2.75, 3.05) is 57.6 Å². The third kappa shape index (κ3) is 6.42. The molecule has 0 fully saturated rings. The number of aliphatic imine (C=N–C) groups is 1. The number of anilines is 1.